The molecule has 0 saturated heterocycles. The van der Waals surface area contributed by atoms with Crippen molar-refractivity contribution in [3.8, 4) is 11.5 Å². The van der Waals surface area contributed by atoms with E-state index < -0.39 is 11.5 Å². The third-order valence-corrected chi connectivity index (χ3v) is 3.77. The molecule has 4 rings (SSSR count). The van der Waals surface area contributed by atoms with Crippen molar-refractivity contribution in [2.45, 2.75) is 6.92 Å². The van der Waals surface area contributed by atoms with E-state index in [9.17, 15) is 9.59 Å². The Balaban J connectivity index is 1.66. The van der Waals surface area contributed by atoms with Crippen LogP contribution in [-0.2, 0) is 0 Å². The zero-order valence-corrected chi connectivity index (χ0v) is 12.8. The number of fused-ring (bicyclic) bond motifs is 2. The van der Waals surface area contributed by atoms with Gasteiger partial charge < -0.3 is 19.2 Å². The van der Waals surface area contributed by atoms with Crippen LogP contribution in [0.5, 0.6) is 11.5 Å². The molecule has 1 amide bonds. The molecule has 0 fully saturated rings. The molecule has 0 saturated carbocycles. The highest BCUT2D eigenvalue weighted by molar-refractivity contribution is 6.04. The van der Waals surface area contributed by atoms with Gasteiger partial charge >= 0.3 is 5.63 Å². The summed E-state index contributed by atoms with van der Waals surface area (Å²) in [4.78, 5) is 24.4. The molecule has 1 aliphatic heterocycles. The maximum Gasteiger partial charge on any atom is 0.344 e. The molecule has 0 atom stereocenters. The van der Waals surface area contributed by atoms with Gasteiger partial charge in [-0.2, -0.15) is 0 Å². The highest BCUT2D eigenvalue weighted by Crippen LogP contribution is 2.34. The van der Waals surface area contributed by atoms with Gasteiger partial charge in [-0.15, -0.1) is 0 Å². The van der Waals surface area contributed by atoms with Gasteiger partial charge in [0.25, 0.3) is 5.91 Å². The summed E-state index contributed by atoms with van der Waals surface area (Å²) in [6.45, 7) is 2.05. The van der Waals surface area contributed by atoms with Crippen LogP contribution in [0.25, 0.3) is 10.8 Å². The van der Waals surface area contributed by atoms with E-state index in [1.54, 1.807) is 36.4 Å². The number of anilines is 1. The van der Waals surface area contributed by atoms with Crippen molar-refractivity contribution in [1.82, 2.24) is 0 Å². The summed E-state index contributed by atoms with van der Waals surface area (Å²) < 4.78 is 15.6. The second-order valence-electron chi connectivity index (χ2n) is 5.51. The third kappa shape index (κ3) is 2.48. The van der Waals surface area contributed by atoms with E-state index in [4.69, 9.17) is 13.9 Å². The number of carbonyl (C=O) groups excluding carboxylic acids is 1. The van der Waals surface area contributed by atoms with Crippen molar-refractivity contribution >= 4 is 22.4 Å². The van der Waals surface area contributed by atoms with E-state index in [1.807, 2.05) is 13.0 Å². The smallest absolute Gasteiger partial charge is 0.344 e. The molecule has 0 aliphatic carbocycles. The fourth-order valence-electron chi connectivity index (χ4n) is 2.58. The Bertz CT molecular complexity index is 1020. The quantitative estimate of drug-likeness (QED) is 0.784. The van der Waals surface area contributed by atoms with Crippen LogP contribution in [0.3, 0.4) is 0 Å². The summed E-state index contributed by atoms with van der Waals surface area (Å²) in [5.74, 6) is 0.631. The van der Waals surface area contributed by atoms with E-state index >= 15 is 0 Å². The van der Waals surface area contributed by atoms with Crippen LogP contribution >= 0.6 is 0 Å². The minimum atomic E-state index is -0.535. The zero-order valence-electron chi connectivity index (χ0n) is 12.8. The molecule has 3 aromatic rings. The predicted molar refractivity (Wildman–Crippen MR) is 87.7 cm³/mol. The summed E-state index contributed by atoms with van der Waals surface area (Å²) in [6, 6.07) is 12.0. The summed E-state index contributed by atoms with van der Waals surface area (Å²) in [7, 11) is 0. The highest BCUT2D eigenvalue weighted by Gasteiger charge is 2.16. The van der Waals surface area contributed by atoms with Gasteiger partial charge in [-0.3, -0.25) is 4.79 Å². The molecule has 0 bridgehead atoms. The van der Waals surface area contributed by atoms with E-state index in [0.717, 1.165) is 5.56 Å². The summed E-state index contributed by atoms with van der Waals surface area (Å²) >= 11 is 0. The van der Waals surface area contributed by atoms with Crippen molar-refractivity contribution in [1.29, 1.82) is 0 Å². The van der Waals surface area contributed by atoms with Crippen LogP contribution in [0.15, 0.2) is 51.7 Å². The van der Waals surface area contributed by atoms with E-state index in [0.29, 0.717) is 28.0 Å². The normalized spacial score (nSPS) is 12.4. The molecular formula is C18H13NO5. The summed E-state index contributed by atoms with van der Waals surface area (Å²) in [5.41, 5.74) is 0.940. The van der Waals surface area contributed by atoms with Gasteiger partial charge in [0.2, 0.25) is 6.79 Å². The molecule has 2 heterocycles. The van der Waals surface area contributed by atoms with Crippen LogP contribution < -0.4 is 20.4 Å². The number of aryl methyl sites for hydroxylation is 1. The Morgan fingerprint density at radius 2 is 1.88 bits per heavy atom. The minimum absolute atomic E-state index is 0.0472. The predicted octanol–water partition coefficient (Wildman–Crippen LogP) is 3.08. The van der Waals surface area contributed by atoms with Gasteiger partial charge in [0.15, 0.2) is 17.3 Å². The topological polar surface area (TPSA) is 77.8 Å². The lowest BCUT2D eigenvalue weighted by atomic mass is 10.1. The van der Waals surface area contributed by atoms with E-state index in [2.05, 4.69) is 5.32 Å². The molecule has 0 unspecified atom stereocenters. The monoisotopic (exact) mass is 323 g/mol. The van der Waals surface area contributed by atoms with Gasteiger partial charge in [0, 0.05) is 11.8 Å². The van der Waals surface area contributed by atoms with Crippen LogP contribution in [0.1, 0.15) is 16.1 Å². The lowest BCUT2D eigenvalue weighted by molar-refractivity contribution is 0.0993. The van der Waals surface area contributed by atoms with E-state index in [1.165, 1.54) is 0 Å². The second-order valence-corrected chi connectivity index (χ2v) is 5.51. The maximum atomic E-state index is 12.4. The molecule has 6 heteroatoms. The first-order chi connectivity index (χ1) is 11.6. The molecule has 24 heavy (non-hydrogen) atoms. The van der Waals surface area contributed by atoms with Crippen molar-refractivity contribution in [2.24, 2.45) is 0 Å². The lowest BCUT2D eigenvalue weighted by Gasteiger charge is -2.06. The Labute approximate surface area is 136 Å². The number of rotatable bonds is 2. The number of amides is 1. The summed E-state index contributed by atoms with van der Waals surface area (Å²) in [6.07, 6.45) is 0. The molecule has 1 aromatic heterocycles. The Kier molecular flexibility index (Phi) is 3.23. The largest absolute Gasteiger partial charge is 0.454 e. The molecule has 2 aromatic carbocycles. The van der Waals surface area contributed by atoms with Crippen LogP contribution in [0.4, 0.5) is 5.69 Å². The Hall–Kier alpha value is -3.28. The fraction of sp³-hybridized carbons (Fsp3) is 0.111. The molecule has 1 N–H and O–H groups in total. The lowest BCUT2D eigenvalue weighted by Crippen LogP contribution is -2.15. The Morgan fingerprint density at radius 1 is 1.04 bits per heavy atom. The average Bonchev–Trinajstić information content (AvgIpc) is 3.03. The third-order valence-electron chi connectivity index (χ3n) is 3.77. The maximum absolute atomic E-state index is 12.4. The minimum Gasteiger partial charge on any atom is -0.454 e. The molecule has 1 aliphatic rings. The summed E-state index contributed by atoms with van der Waals surface area (Å²) in [5, 5.41) is 3.80. The first-order valence-corrected chi connectivity index (χ1v) is 7.36. The standard InChI is InChI=1S/C18H13NO5/c1-10-2-3-11-7-16(24-18(21)13(11)6-10)17(20)19-12-4-5-14-15(8-12)23-9-22-14/h2-8H,9H2,1H3,(H,19,20). The number of ether oxygens (including phenoxy) is 2. The number of carbonyl (C=O) groups is 1. The average molecular weight is 323 g/mol. The highest BCUT2D eigenvalue weighted by atomic mass is 16.7. The van der Waals surface area contributed by atoms with Gasteiger partial charge in [-0.25, -0.2) is 4.79 Å². The van der Waals surface area contributed by atoms with Crippen molar-refractivity contribution in [3.05, 3.63) is 64.2 Å². The van der Waals surface area contributed by atoms with Gasteiger partial charge in [0.05, 0.1) is 5.39 Å². The van der Waals surface area contributed by atoms with Gasteiger partial charge in [-0.1, -0.05) is 17.7 Å². The van der Waals surface area contributed by atoms with E-state index in [-0.39, 0.29) is 12.6 Å². The molecular weight excluding hydrogens is 310 g/mol. The zero-order chi connectivity index (χ0) is 16.7. The number of hydrogen-bond donors (Lipinski definition) is 1. The first-order valence-electron chi connectivity index (χ1n) is 7.36. The molecule has 0 radical (unpaired) electrons. The number of benzene rings is 2. The second kappa shape index (κ2) is 5.42. The molecule has 6 nitrogen and oxygen atoms in total. The number of nitrogens with one attached hydrogen (secondary N) is 1. The van der Waals surface area contributed by atoms with Crippen molar-refractivity contribution in [3.63, 3.8) is 0 Å². The molecule has 0 spiro atoms. The van der Waals surface area contributed by atoms with Crippen LogP contribution in [-0.4, -0.2) is 12.7 Å². The van der Waals surface area contributed by atoms with Crippen LogP contribution in [0, 0.1) is 6.92 Å². The fourth-order valence-corrected chi connectivity index (χ4v) is 2.58. The molecule has 120 valence electrons. The number of hydrogen-bond acceptors (Lipinski definition) is 5. The SMILES string of the molecule is Cc1ccc2cc(C(=O)Nc3ccc4c(c3)OCO4)oc(=O)c2c1. The van der Waals surface area contributed by atoms with Crippen molar-refractivity contribution in [2.75, 3.05) is 12.1 Å². The van der Waals surface area contributed by atoms with Crippen LogP contribution in [0.2, 0.25) is 0 Å². The first kappa shape index (κ1) is 14.3. The van der Waals surface area contributed by atoms with Crippen molar-refractivity contribution < 1.29 is 18.7 Å². The van der Waals surface area contributed by atoms with Gasteiger partial charge in [0.1, 0.15) is 0 Å². The Morgan fingerprint density at radius 3 is 2.75 bits per heavy atom. The van der Waals surface area contributed by atoms with Gasteiger partial charge in [-0.05, 0) is 36.6 Å².